The molecule has 22 heavy (non-hydrogen) atoms. The standard InChI is InChI=1S/C14H15IN2O2S3/c1-10-4-6-12(7-5-10)22(18,19)17(2)16-9-11-8-13(15)21-14(11)20-3/h4-9H,1-3H3/b16-9+. The van der Waals surface area contributed by atoms with Gasteiger partial charge in [-0.1, -0.05) is 17.7 Å². The van der Waals surface area contributed by atoms with E-state index in [0.29, 0.717) is 0 Å². The van der Waals surface area contributed by atoms with E-state index in [9.17, 15) is 8.42 Å². The van der Waals surface area contributed by atoms with E-state index in [1.54, 1.807) is 53.6 Å². The zero-order valence-corrected chi connectivity index (χ0v) is 16.9. The van der Waals surface area contributed by atoms with Gasteiger partial charge in [-0.2, -0.15) is 17.9 Å². The smallest absolute Gasteiger partial charge is 0.200 e. The number of hydrazone groups is 1. The Morgan fingerprint density at radius 2 is 1.95 bits per heavy atom. The summed E-state index contributed by atoms with van der Waals surface area (Å²) in [5, 5.41) is 4.10. The number of nitrogens with zero attached hydrogens (tertiary/aromatic N) is 2. The van der Waals surface area contributed by atoms with E-state index in [1.807, 2.05) is 19.2 Å². The second-order valence-corrected chi connectivity index (χ2v) is 10.5. The number of benzene rings is 1. The first kappa shape index (κ1) is 17.8. The number of aryl methyl sites for hydroxylation is 1. The van der Waals surface area contributed by atoms with Crippen molar-refractivity contribution >= 4 is 61.9 Å². The third kappa shape index (κ3) is 4.03. The van der Waals surface area contributed by atoms with Gasteiger partial charge in [0.2, 0.25) is 0 Å². The lowest BCUT2D eigenvalue weighted by Gasteiger charge is -2.13. The average molecular weight is 466 g/mol. The van der Waals surface area contributed by atoms with Crippen molar-refractivity contribution in [1.82, 2.24) is 4.41 Å². The predicted molar refractivity (Wildman–Crippen MR) is 103 cm³/mol. The van der Waals surface area contributed by atoms with Gasteiger partial charge in [-0.25, -0.2) is 0 Å². The lowest BCUT2D eigenvalue weighted by molar-refractivity contribution is 0.491. The van der Waals surface area contributed by atoms with Crippen LogP contribution in [0, 0.1) is 9.81 Å². The van der Waals surface area contributed by atoms with Crippen LogP contribution in [0.2, 0.25) is 0 Å². The first-order valence-corrected chi connectivity index (χ1v) is 10.8. The Morgan fingerprint density at radius 1 is 1.32 bits per heavy atom. The van der Waals surface area contributed by atoms with Crippen LogP contribution in [0.15, 0.2) is 44.5 Å². The van der Waals surface area contributed by atoms with Crippen molar-refractivity contribution in [3.63, 3.8) is 0 Å². The van der Waals surface area contributed by atoms with Gasteiger partial charge in [0.25, 0.3) is 10.0 Å². The summed E-state index contributed by atoms with van der Waals surface area (Å²) in [6.07, 6.45) is 3.59. The molecule has 2 rings (SSSR count). The van der Waals surface area contributed by atoms with Gasteiger partial charge in [-0.3, -0.25) is 0 Å². The van der Waals surface area contributed by atoms with Crippen molar-refractivity contribution in [1.29, 1.82) is 0 Å². The third-order valence-electron chi connectivity index (χ3n) is 2.91. The van der Waals surface area contributed by atoms with Gasteiger partial charge in [0.05, 0.1) is 18.2 Å². The lowest BCUT2D eigenvalue weighted by atomic mass is 10.2. The number of hydrogen-bond acceptors (Lipinski definition) is 5. The summed E-state index contributed by atoms with van der Waals surface area (Å²) in [5.41, 5.74) is 1.95. The van der Waals surface area contributed by atoms with E-state index < -0.39 is 10.0 Å². The maximum absolute atomic E-state index is 12.4. The molecule has 0 saturated carbocycles. The molecule has 0 saturated heterocycles. The Morgan fingerprint density at radius 3 is 2.55 bits per heavy atom. The average Bonchev–Trinajstić information content (AvgIpc) is 2.85. The van der Waals surface area contributed by atoms with Crippen molar-refractivity contribution in [2.45, 2.75) is 16.0 Å². The van der Waals surface area contributed by atoms with Crippen LogP contribution in [-0.2, 0) is 10.0 Å². The van der Waals surface area contributed by atoms with E-state index in [0.717, 1.165) is 22.6 Å². The third-order valence-corrected chi connectivity index (χ3v) is 7.63. The van der Waals surface area contributed by atoms with Crippen molar-refractivity contribution < 1.29 is 8.42 Å². The molecule has 4 nitrogen and oxygen atoms in total. The molecular formula is C14H15IN2O2S3. The van der Waals surface area contributed by atoms with Crippen LogP contribution in [0.25, 0.3) is 0 Å². The highest BCUT2D eigenvalue weighted by Crippen LogP contribution is 2.30. The van der Waals surface area contributed by atoms with E-state index in [4.69, 9.17) is 0 Å². The predicted octanol–water partition coefficient (Wildman–Crippen LogP) is 4.04. The van der Waals surface area contributed by atoms with Gasteiger partial charge < -0.3 is 0 Å². The normalized spacial score (nSPS) is 12.0. The number of halogens is 1. The van der Waals surface area contributed by atoms with Gasteiger partial charge in [-0.05, 0) is 54.0 Å². The minimum atomic E-state index is -3.61. The fraction of sp³-hybridized carbons (Fsp3) is 0.214. The van der Waals surface area contributed by atoms with Crippen LogP contribution in [0.3, 0.4) is 0 Å². The number of rotatable bonds is 5. The summed E-state index contributed by atoms with van der Waals surface area (Å²) in [4.78, 5) is 0.239. The molecule has 0 aliphatic heterocycles. The highest BCUT2D eigenvalue weighted by Gasteiger charge is 2.19. The van der Waals surface area contributed by atoms with Gasteiger partial charge in [0.1, 0.15) is 0 Å². The fourth-order valence-corrected chi connectivity index (χ4v) is 5.62. The molecule has 1 aromatic carbocycles. The molecule has 8 heteroatoms. The molecule has 0 fully saturated rings. The topological polar surface area (TPSA) is 49.7 Å². The Hall–Kier alpha value is -0.580. The van der Waals surface area contributed by atoms with Crippen molar-refractivity contribution in [2.24, 2.45) is 5.10 Å². The van der Waals surface area contributed by atoms with Crippen LogP contribution >= 0.6 is 45.7 Å². The van der Waals surface area contributed by atoms with Gasteiger partial charge in [0.15, 0.2) is 0 Å². The first-order chi connectivity index (χ1) is 10.3. The van der Waals surface area contributed by atoms with E-state index in [1.165, 1.54) is 7.05 Å². The maximum Gasteiger partial charge on any atom is 0.278 e. The highest BCUT2D eigenvalue weighted by atomic mass is 127. The minimum Gasteiger partial charge on any atom is -0.200 e. The van der Waals surface area contributed by atoms with Gasteiger partial charge >= 0.3 is 0 Å². The number of thioether (sulfide) groups is 1. The molecule has 0 amide bonds. The van der Waals surface area contributed by atoms with Crippen LogP contribution < -0.4 is 0 Å². The van der Waals surface area contributed by atoms with E-state index in [-0.39, 0.29) is 4.90 Å². The number of thiophene rings is 1. The molecule has 0 aliphatic rings. The molecule has 2 aromatic rings. The summed E-state index contributed by atoms with van der Waals surface area (Å²) < 4.78 is 28.1. The lowest BCUT2D eigenvalue weighted by Crippen LogP contribution is -2.21. The molecule has 0 aliphatic carbocycles. The molecule has 0 atom stereocenters. The molecule has 0 N–H and O–H groups in total. The summed E-state index contributed by atoms with van der Waals surface area (Å²) in [6.45, 7) is 1.92. The van der Waals surface area contributed by atoms with Crippen molar-refractivity contribution in [2.75, 3.05) is 13.3 Å². The molecule has 0 bridgehead atoms. The fourth-order valence-electron chi connectivity index (χ4n) is 1.68. The van der Waals surface area contributed by atoms with Crippen LogP contribution in [0.4, 0.5) is 0 Å². The zero-order valence-electron chi connectivity index (χ0n) is 12.3. The molecule has 0 radical (unpaired) electrons. The zero-order chi connectivity index (χ0) is 16.3. The Labute approximate surface area is 152 Å². The van der Waals surface area contributed by atoms with Crippen LogP contribution in [0.5, 0.6) is 0 Å². The molecule has 118 valence electrons. The quantitative estimate of drug-likeness (QED) is 0.289. The monoisotopic (exact) mass is 466 g/mol. The summed E-state index contributed by atoms with van der Waals surface area (Å²) in [6, 6.07) is 8.73. The van der Waals surface area contributed by atoms with E-state index in [2.05, 4.69) is 27.7 Å². The summed E-state index contributed by atoms with van der Waals surface area (Å²) >= 11 is 5.54. The second-order valence-electron chi connectivity index (χ2n) is 4.49. The number of sulfonamides is 1. The molecule has 0 unspecified atom stereocenters. The van der Waals surface area contributed by atoms with E-state index >= 15 is 0 Å². The summed E-state index contributed by atoms with van der Waals surface area (Å²) in [5.74, 6) is 0. The van der Waals surface area contributed by atoms with Gasteiger partial charge in [-0.15, -0.1) is 23.1 Å². The molecule has 1 aromatic heterocycles. The van der Waals surface area contributed by atoms with Crippen LogP contribution in [-0.4, -0.2) is 32.4 Å². The molecule has 0 spiro atoms. The number of hydrogen-bond donors (Lipinski definition) is 0. The Balaban J connectivity index is 2.25. The Bertz CT molecular complexity index is 783. The first-order valence-electron chi connectivity index (χ1n) is 6.27. The maximum atomic E-state index is 12.4. The molecule has 1 heterocycles. The summed E-state index contributed by atoms with van der Waals surface area (Å²) in [7, 11) is -2.16. The van der Waals surface area contributed by atoms with Crippen molar-refractivity contribution in [3.8, 4) is 0 Å². The minimum absolute atomic E-state index is 0.239. The highest BCUT2D eigenvalue weighted by molar-refractivity contribution is 14.1. The largest absolute Gasteiger partial charge is 0.278 e. The SMILES string of the molecule is CSc1sc(I)cc1/C=N/N(C)S(=O)(=O)c1ccc(C)cc1. The second kappa shape index (κ2) is 7.33. The van der Waals surface area contributed by atoms with Crippen LogP contribution in [0.1, 0.15) is 11.1 Å². The Kier molecular flexibility index (Phi) is 5.92. The molecular weight excluding hydrogens is 451 g/mol. The van der Waals surface area contributed by atoms with Gasteiger partial charge in [0, 0.05) is 12.6 Å². The van der Waals surface area contributed by atoms with Crippen molar-refractivity contribution in [3.05, 3.63) is 44.3 Å².